The van der Waals surface area contributed by atoms with Gasteiger partial charge in [-0.3, -0.25) is 4.99 Å². The van der Waals surface area contributed by atoms with Crippen molar-refractivity contribution in [2.24, 2.45) is 9.98 Å². The van der Waals surface area contributed by atoms with E-state index in [-0.39, 0.29) is 0 Å². The molecule has 0 aromatic heterocycles. The van der Waals surface area contributed by atoms with Crippen LogP contribution in [0.3, 0.4) is 0 Å². The number of rotatable bonds is 0. The summed E-state index contributed by atoms with van der Waals surface area (Å²) in [6, 6.07) is 0.319. The molecule has 0 aromatic carbocycles. The van der Waals surface area contributed by atoms with Crippen LogP contribution >= 0.6 is 11.6 Å². The molecule has 0 saturated carbocycles. The van der Waals surface area contributed by atoms with Gasteiger partial charge >= 0.3 is 0 Å². The first-order valence-electron chi connectivity index (χ1n) is 2.55. The molecule has 1 heterocycles. The smallest absolute Gasteiger partial charge is 0.217 e. The summed E-state index contributed by atoms with van der Waals surface area (Å²) in [7, 11) is 0. The molecule has 1 aliphatic heterocycles. The fourth-order valence-corrected chi connectivity index (χ4v) is 0.784. The lowest BCUT2D eigenvalue weighted by atomic mass is 10.2. The van der Waals surface area contributed by atoms with Crippen LogP contribution in [0, 0.1) is 0 Å². The van der Waals surface area contributed by atoms with Crippen LogP contribution in [0.25, 0.3) is 0 Å². The van der Waals surface area contributed by atoms with Crippen LogP contribution in [0.2, 0.25) is 0 Å². The first-order valence-corrected chi connectivity index (χ1v) is 2.92. The monoisotopic (exact) mass is 130 g/mol. The van der Waals surface area contributed by atoms with Crippen molar-refractivity contribution in [1.29, 1.82) is 0 Å². The van der Waals surface area contributed by atoms with Gasteiger partial charge in [0.2, 0.25) is 5.29 Å². The van der Waals surface area contributed by atoms with Crippen LogP contribution < -0.4 is 0 Å². The van der Waals surface area contributed by atoms with Gasteiger partial charge in [0.1, 0.15) is 0 Å². The SMILES string of the molecule is CC1CC=NC(Cl)=N1. The molecule has 0 N–H and O–H groups in total. The topological polar surface area (TPSA) is 24.7 Å². The van der Waals surface area contributed by atoms with Gasteiger partial charge in [-0.15, -0.1) is 0 Å². The molecule has 1 rings (SSSR count). The number of hydrogen-bond donors (Lipinski definition) is 0. The third-order valence-electron chi connectivity index (χ3n) is 0.971. The van der Waals surface area contributed by atoms with Crippen molar-refractivity contribution in [2.75, 3.05) is 0 Å². The van der Waals surface area contributed by atoms with Crippen molar-refractivity contribution in [3.63, 3.8) is 0 Å². The minimum absolute atomic E-state index is 0.319. The highest BCUT2D eigenvalue weighted by Crippen LogP contribution is 2.03. The zero-order valence-corrected chi connectivity index (χ0v) is 5.39. The third kappa shape index (κ3) is 1.30. The standard InChI is InChI=1S/C5H7ClN2/c1-4-2-3-7-5(6)8-4/h3-4H,2H2,1H3. The Morgan fingerprint density at radius 1 is 1.88 bits per heavy atom. The lowest BCUT2D eigenvalue weighted by Gasteiger charge is -2.04. The summed E-state index contributed by atoms with van der Waals surface area (Å²) < 4.78 is 0. The fraction of sp³-hybridized carbons (Fsp3) is 0.600. The quantitative estimate of drug-likeness (QED) is 0.444. The van der Waals surface area contributed by atoms with E-state index in [1.807, 2.05) is 6.92 Å². The second kappa shape index (κ2) is 2.27. The molecular weight excluding hydrogens is 124 g/mol. The minimum atomic E-state index is 0.319. The molecule has 1 atom stereocenters. The van der Waals surface area contributed by atoms with Gasteiger partial charge in [-0.2, -0.15) is 0 Å². The molecule has 8 heavy (non-hydrogen) atoms. The van der Waals surface area contributed by atoms with Crippen LogP contribution in [0.5, 0.6) is 0 Å². The molecule has 0 bridgehead atoms. The van der Waals surface area contributed by atoms with E-state index in [9.17, 15) is 0 Å². The van der Waals surface area contributed by atoms with Crippen LogP contribution in [-0.2, 0) is 0 Å². The largest absolute Gasteiger partial charge is 0.253 e. The molecule has 0 fully saturated rings. The predicted octanol–water partition coefficient (Wildman–Crippen LogP) is 1.44. The molecule has 0 aromatic rings. The maximum atomic E-state index is 5.46. The molecule has 0 aliphatic carbocycles. The van der Waals surface area contributed by atoms with Gasteiger partial charge < -0.3 is 0 Å². The van der Waals surface area contributed by atoms with Gasteiger partial charge in [0.25, 0.3) is 0 Å². The van der Waals surface area contributed by atoms with Crippen LogP contribution in [-0.4, -0.2) is 17.6 Å². The van der Waals surface area contributed by atoms with Gasteiger partial charge in [-0.25, -0.2) is 4.99 Å². The van der Waals surface area contributed by atoms with Gasteiger partial charge in [-0.05, 0) is 18.5 Å². The Labute approximate surface area is 53.3 Å². The Balaban J connectivity index is 2.63. The summed E-state index contributed by atoms with van der Waals surface area (Å²) in [4.78, 5) is 7.74. The fourth-order valence-electron chi connectivity index (χ4n) is 0.548. The summed E-state index contributed by atoms with van der Waals surface area (Å²) >= 11 is 5.46. The maximum absolute atomic E-state index is 5.46. The van der Waals surface area contributed by atoms with E-state index in [1.165, 1.54) is 0 Å². The van der Waals surface area contributed by atoms with Crippen LogP contribution in [0.15, 0.2) is 9.98 Å². The van der Waals surface area contributed by atoms with Crippen molar-refractivity contribution in [2.45, 2.75) is 19.4 Å². The number of amidine groups is 1. The Kier molecular flexibility index (Phi) is 1.63. The van der Waals surface area contributed by atoms with Crippen molar-refractivity contribution in [3.05, 3.63) is 0 Å². The molecule has 0 spiro atoms. The third-order valence-corrected chi connectivity index (χ3v) is 1.17. The van der Waals surface area contributed by atoms with E-state index >= 15 is 0 Å². The van der Waals surface area contributed by atoms with Crippen LogP contribution in [0.1, 0.15) is 13.3 Å². The van der Waals surface area contributed by atoms with Gasteiger partial charge in [-0.1, -0.05) is 0 Å². The van der Waals surface area contributed by atoms with E-state index < -0.39 is 0 Å². The summed E-state index contributed by atoms with van der Waals surface area (Å²) in [5.74, 6) is 0. The molecule has 44 valence electrons. The lowest BCUT2D eigenvalue weighted by Crippen LogP contribution is -2.05. The second-order valence-corrected chi connectivity index (χ2v) is 2.13. The Morgan fingerprint density at radius 3 is 3.00 bits per heavy atom. The number of hydrogen-bond acceptors (Lipinski definition) is 2. The Morgan fingerprint density at radius 2 is 2.62 bits per heavy atom. The van der Waals surface area contributed by atoms with E-state index in [0.29, 0.717) is 11.3 Å². The maximum Gasteiger partial charge on any atom is 0.217 e. The van der Waals surface area contributed by atoms with Crippen molar-refractivity contribution in [3.8, 4) is 0 Å². The molecule has 1 aliphatic rings. The van der Waals surface area contributed by atoms with Crippen LogP contribution in [0.4, 0.5) is 0 Å². The number of halogens is 1. The zero-order valence-electron chi connectivity index (χ0n) is 4.63. The number of aliphatic imine (C=N–C) groups is 2. The highest BCUT2D eigenvalue weighted by atomic mass is 35.5. The molecule has 3 heteroatoms. The molecule has 0 saturated heterocycles. The summed E-state index contributed by atoms with van der Waals surface area (Å²) in [5.41, 5.74) is 0. The average molecular weight is 131 g/mol. The van der Waals surface area contributed by atoms with E-state index in [1.54, 1.807) is 6.21 Å². The summed E-state index contributed by atoms with van der Waals surface area (Å²) in [6.45, 7) is 2.01. The van der Waals surface area contributed by atoms with Gasteiger partial charge in [0.15, 0.2) is 0 Å². The van der Waals surface area contributed by atoms with E-state index in [2.05, 4.69) is 9.98 Å². The molecule has 2 nitrogen and oxygen atoms in total. The van der Waals surface area contributed by atoms with Gasteiger partial charge in [0, 0.05) is 12.6 Å². The highest BCUT2D eigenvalue weighted by Gasteiger charge is 2.02. The average Bonchev–Trinajstić information content (AvgIpc) is 1.64. The molecule has 0 amide bonds. The Bertz CT molecular complexity index is 139. The first-order chi connectivity index (χ1) is 3.79. The predicted molar refractivity (Wildman–Crippen MR) is 35.9 cm³/mol. The minimum Gasteiger partial charge on any atom is -0.253 e. The van der Waals surface area contributed by atoms with E-state index in [0.717, 1.165) is 6.42 Å². The zero-order chi connectivity index (χ0) is 5.98. The van der Waals surface area contributed by atoms with Gasteiger partial charge in [0.05, 0.1) is 6.04 Å². The molecule has 1 unspecified atom stereocenters. The number of nitrogens with zero attached hydrogens (tertiary/aromatic N) is 2. The Hall–Kier alpha value is -0.370. The normalized spacial score (nSPS) is 27.8. The summed E-state index contributed by atoms with van der Waals surface area (Å²) in [6.07, 6.45) is 2.70. The first kappa shape index (κ1) is 5.76. The molecule has 0 radical (unpaired) electrons. The van der Waals surface area contributed by atoms with Crippen molar-refractivity contribution in [1.82, 2.24) is 0 Å². The molecular formula is C5H7ClN2. The second-order valence-electron chi connectivity index (χ2n) is 1.79. The van der Waals surface area contributed by atoms with Crippen molar-refractivity contribution >= 4 is 23.1 Å². The lowest BCUT2D eigenvalue weighted by molar-refractivity contribution is 0.781. The van der Waals surface area contributed by atoms with E-state index in [4.69, 9.17) is 11.6 Å². The summed E-state index contributed by atoms with van der Waals surface area (Å²) in [5, 5.41) is 0.378. The van der Waals surface area contributed by atoms with Crippen molar-refractivity contribution < 1.29 is 0 Å². The highest BCUT2D eigenvalue weighted by molar-refractivity contribution is 6.65.